The molecule has 0 aliphatic carbocycles. The highest BCUT2D eigenvalue weighted by molar-refractivity contribution is 6.11. The van der Waals surface area contributed by atoms with E-state index < -0.39 is 17.2 Å². The second-order valence-electron chi connectivity index (χ2n) is 6.27. The molecule has 1 N–H and O–H groups in total. The van der Waals surface area contributed by atoms with Crippen molar-refractivity contribution < 1.29 is 19.4 Å². The molecule has 1 aromatic carbocycles. The molecule has 2 rings (SSSR count). The standard InChI is InChI=1S/C22H24N2O5/c1-4-12-29-17-9-7-16(8-10-17)20(25)19-15(3)18(14-23)21(26)24(22(19)27)11-6-13-28-5-2/h4,7-10,27H,1,5-6,11-13H2,2-3H3. The topological polar surface area (TPSA) is 102 Å². The first kappa shape index (κ1) is 21.9. The van der Waals surface area contributed by atoms with Crippen molar-refractivity contribution in [3.05, 3.63) is 69.5 Å². The van der Waals surface area contributed by atoms with Crippen LogP contribution in [0, 0.1) is 18.3 Å². The molecule has 0 unspecified atom stereocenters. The summed E-state index contributed by atoms with van der Waals surface area (Å²) in [5.74, 6) is -0.355. The van der Waals surface area contributed by atoms with Crippen LogP contribution in [0.5, 0.6) is 11.6 Å². The first-order valence-electron chi connectivity index (χ1n) is 9.28. The van der Waals surface area contributed by atoms with Crippen LogP contribution in [0.15, 0.2) is 41.7 Å². The minimum absolute atomic E-state index is 0.0580. The third-order valence-electron chi connectivity index (χ3n) is 4.39. The fraction of sp³-hybridized carbons (Fsp3) is 0.318. The van der Waals surface area contributed by atoms with E-state index in [9.17, 15) is 20.0 Å². The summed E-state index contributed by atoms with van der Waals surface area (Å²) in [6, 6.07) is 8.25. The molecule has 0 fully saturated rings. The highest BCUT2D eigenvalue weighted by Gasteiger charge is 2.24. The summed E-state index contributed by atoms with van der Waals surface area (Å²) >= 11 is 0. The van der Waals surface area contributed by atoms with Gasteiger partial charge >= 0.3 is 0 Å². The lowest BCUT2D eigenvalue weighted by molar-refractivity contribution is 0.103. The second kappa shape index (κ2) is 10.2. The van der Waals surface area contributed by atoms with E-state index in [1.54, 1.807) is 30.3 Å². The van der Waals surface area contributed by atoms with Gasteiger partial charge in [-0.05, 0) is 50.1 Å². The van der Waals surface area contributed by atoms with Gasteiger partial charge in [0.05, 0.1) is 5.56 Å². The quantitative estimate of drug-likeness (QED) is 0.376. The number of aromatic hydroxyl groups is 1. The molecule has 0 radical (unpaired) electrons. The summed E-state index contributed by atoms with van der Waals surface area (Å²) < 4.78 is 11.7. The van der Waals surface area contributed by atoms with E-state index >= 15 is 0 Å². The maximum atomic E-state index is 13.1. The number of nitrogens with zero attached hydrogens (tertiary/aromatic N) is 2. The van der Waals surface area contributed by atoms with Crippen LogP contribution in [0.1, 0.15) is 40.4 Å². The van der Waals surface area contributed by atoms with Crippen molar-refractivity contribution in [2.24, 2.45) is 0 Å². The van der Waals surface area contributed by atoms with Crippen molar-refractivity contribution in [2.45, 2.75) is 26.8 Å². The Bertz CT molecular complexity index is 984. The Hall–Kier alpha value is -3.37. The van der Waals surface area contributed by atoms with Crippen LogP contribution >= 0.6 is 0 Å². The van der Waals surface area contributed by atoms with Crippen LogP contribution in [0.25, 0.3) is 0 Å². The van der Waals surface area contributed by atoms with Crippen molar-refractivity contribution in [1.82, 2.24) is 4.57 Å². The van der Waals surface area contributed by atoms with Gasteiger partial charge in [-0.3, -0.25) is 14.2 Å². The summed E-state index contributed by atoms with van der Waals surface area (Å²) in [4.78, 5) is 25.6. The molecule has 0 saturated carbocycles. The normalized spacial score (nSPS) is 10.4. The Morgan fingerprint density at radius 1 is 1.34 bits per heavy atom. The number of nitriles is 1. The fourth-order valence-electron chi connectivity index (χ4n) is 2.90. The van der Waals surface area contributed by atoms with Gasteiger partial charge in [0.15, 0.2) is 5.78 Å². The van der Waals surface area contributed by atoms with Gasteiger partial charge in [0.25, 0.3) is 5.56 Å². The van der Waals surface area contributed by atoms with Crippen molar-refractivity contribution in [2.75, 3.05) is 19.8 Å². The Morgan fingerprint density at radius 2 is 2.03 bits per heavy atom. The number of carbonyl (C=O) groups is 1. The van der Waals surface area contributed by atoms with Crippen LogP contribution in [0.2, 0.25) is 0 Å². The number of ether oxygens (including phenoxy) is 2. The van der Waals surface area contributed by atoms with Crippen molar-refractivity contribution in [3.63, 3.8) is 0 Å². The molecule has 0 aliphatic rings. The van der Waals surface area contributed by atoms with Crippen LogP contribution in [-0.2, 0) is 11.3 Å². The predicted molar refractivity (Wildman–Crippen MR) is 108 cm³/mol. The van der Waals surface area contributed by atoms with Crippen molar-refractivity contribution >= 4 is 5.78 Å². The number of aromatic nitrogens is 1. The van der Waals surface area contributed by atoms with Gasteiger partial charge in [-0.25, -0.2) is 0 Å². The molecule has 0 atom stereocenters. The smallest absolute Gasteiger partial charge is 0.271 e. The first-order chi connectivity index (χ1) is 14.0. The molecule has 1 aromatic heterocycles. The molecule has 0 amide bonds. The average Bonchev–Trinajstić information content (AvgIpc) is 2.72. The van der Waals surface area contributed by atoms with Crippen LogP contribution in [0.3, 0.4) is 0 Å². The molecule has 0 spiro atoms. The molecule has 29 heavy (non-hydrogen) atoms. The summed E-state index contributed by atoms with van der Waals surface area (Å²) in [6.07, 6.45) is 2.07. The largest absolute Gasteiger partial charge is 0.494 e. The van der Waals surface area contributed by atoms with Crippen molar-refractivity contribution in [3.8, 4) is 17.7 Å². The van der Waals surface area contributed by atoms with Crippen LogP contribution in [0.4, 0.5) is 0 Å². The zero-order chi connectivity index (χ0) is 21.4. The minimum atomic E-state index is -0.622. The van der Waals surface area contributed by atoms with E-state index in [0.717, 1.165) is 4.57 Å². The number of ketones is 1. The van der Waals surface area contributed by atoms with E-state index in [4.69, 9.17) is 9.47 Å². The van der Waals surface area contributed by atoms with E-state index in [2.05, 4.69) is 6.58 Å². The number of rotatable bonds is 10. The number of hydrogen-bond acceptors (Lipinski definition) is 6. The van der Waals surface area contributed by atoms with E-state index in [-0.39, 0.29) is 23.2 Å². The third-order valence-corrected chi connectivity index (χ3v) is 4.39. The van der Waals surface area contributed by atoms with Crippen molar-refractivity contribution in [1.29, 1.82) is 5.26 Å². The lowest BCUT2D eigenvalue weighted by atomic mass is 9.97. The van der Waals surface area contributed by atoms with Gasteiger partial charge in [-0.2, -0.15) is 5.26 Å². The Labute approximate surface area is 169 Å². The first-order valence-corrected chi connectivity index (χ1v) is 9.28. The summed E-state index contributed by atoms with van der Waals surface area (Å²) in [7, 11) is 0. The Balaban J connectivity index is 2.45. The molecular formula is C22H24N2O5. The fourth-order valence-corrected chi connectivity index (χ4v) is 2.90. The summed E-state index contributed by atoms with van der Waals surface area (Å²) in [5.41, 5.74) is -0.375. The second-order valence-corrected chi connectivity index (χ2v) is 6.27. The van der Waals surface area contributed by atoms with Crippen LogP contribution < -0.4 is 10.3 Å². The summed E-state index contributed by atoms with van der Waals surface area (Å²) in [6.45, 7) is 8.32. The third kappa shape index (κ3) is 4.92. The molecule has 152 valence electrons. The predicted octanol–water partition coefficient (Wildman–Crippen LogP) is 2.96. The van der Waals surface area contributed by atoms with Gasteiger partial charge in [-0.15, -0.1) is 0 Å². The van der Waals surface area contributed by atoms with Gasteiger partial charge in [0.1, 0.15) is 24.0 Å². The number of hydrogen-bond donors (Lipinski definition) is 1. The molecule has 1 heterocycles. The monoisotopic (exact) mass is 396 g/mol. The van der Waals surface area contributed by atoms with E-state index in [1.807, 2.05) is 13.0 Å². The molecule has 7 nitrogen and oxygen atoms in total. The maximum Gasteiger partial charge on any atom is 0.271 e. The number of benzene rings is 1. The average molecular weight is 396 g/mol. The molecule has 7 heteroatoms. The minimum Gasteiger partial charge on any atom is -0.494 e. The van der Waals surface area contributed by atoms with Gasteiger partial charge < -0.3 is 14.6 Å². The lowest BCUT2D eigenvalue weighted by Gasteiger charge is -2.15. The number of pyridine rings is 1. The maximum absolute atomic E-state index is 13.1. The van der Waals surface area contributed by atoms with Crippen LogP contribution in [-0.4, -0.2) is 35.3 Å². The lowest BCUT2D eigenvalue weighted by Crippen LogP contribution is -2.27. The molecule has 0 aliphatic heterocycles. The summed E-state index contributed by atoms with van der Waals surface area (Å²) in [5, 5.41) is 20.1. The molecular weight excluding hydrogens is 372 g/mol. The highest BCUT2D eigenvalue weighted by Crippen LogP contribution is 2.26. The molecule has 0 saturated heterocycles. The Kier molecular flexibility index (Phi) is 7.75. The number of carbonyl (C=O) groups excluding carboxylic acids is 1. The van der Waals surface area contributed by atoms with Gasteiger partial charge in [0.2, 0.25) is 5.88 Å². The van der Waals surface area contributed by atoms with E-state index in [0.29, 0.717) is 37.6 Å². The zero-order valence-electron chi connectivity index (χ0n) is 16.6. The SMILES string of the molecule is C=CCOc1ccc(C(=O)c2c(C)c(C#N)c(=O)n(CCCOCC)c2O)cc1. The van der Waals surface area contributed by atoms with Gasteiger partial charge in [0, 0.05) is 25.3 Å². The molecule has 2 aromatic rings. The highest BCUT2D eigenvalue weighted by atomic mass is 16.5. The van der Waals surface area contributed by atoms with E-state index in [1.165, 1.54) is 6.92 Å². The zero-order valence-corrected chi connectivity index (χ0v) is 16.6. The molecule has 0 bridgehead atoms. The Morgan fingerprint density at radius 3 is 2.62 bits per heavy atom. The van der Waals surface area contributed by atoms with Gasteiger partial charge in [-0.1, -0.05) is 12.7 Å².